The van der Waals surface area contributed by atoms with E-state index in [1.807, 2.05) is 28.9 Å². The number of halogens is 1. The van der Waals surface area contributed by atoms with Crippen LogP contribution in [0, 0.1) is 6.92 Å². The molecule has 1 atom stereocenters. The lowest BCUT2D eigenvalue weighted by atomic mass is 10.1. The second kappa shape index (κ2) is 5.44. The fourth-order valence-electron chi connectivity index (χ4n) is 2.59. The first-order valence-electron chi connectivity index (χ1n) is 6.67. The summed E-state index contributed by atoms with van der Waals surface area (Å²) in [5.41, 5.74) is 1.74. The van der Waals surface area contributed by atoms with Gasteiger partial charge in [-0.05, 0) is 41.3 Å². The largest absolute Gasteiger partial charge is 0.457 e. The molecule has 0 spiro atoms. The lowest BCUT2D eigenvalue weighted by molar-refractivity contribution is 0.0672. The number of hydrogen-bond acceptors (Lipinski definition) is 3. The molecule has 0 aromatic carbocycles. The van der Waals surface area contributed by atoms with Crippen LogP contribution in [-0.2, 0) is 0 Å². The molecule has 2 aromatic heterocycles. The van der Waals surface area contributed by atoms with E-state index in [2.05, 4.69) is 21.0 Å². The molecule has 5 nitrogen and oxygen atoms in total. The summed E-state index contributed by atoms with van der Waals surface area (Å²) >= 11 is 3.22. The number of furan rings is 1. The smallest absolute Gasteiger partial charge is 0.257 e. The van der Waals surface area contributed by atoms with Crippen LogP contribution in [0.3, 0.4) is 0 Å². The molecule has 0 unspecified atom stereocenters. The van der Waals surface area contributed by atoms with Crippen LogP contribution in [0.15, 0.2) is 33.8 Å². The molecular weight excluding hydrogens is 322 g/mol. The van der Waals surface area contributed by atoms with Crippen LogP contribution in [0.2, 0.25) is 0 Å². The van der Waals surface area contributed by atoms with Gasteiger partial charge in [-0.25, -0.2) is 0 Å². The van der Waals surface area contributed by atoms with Crippen LogP contribution in [0.1, 0.15) is 34.8 Å². The third-order valence-electron chi connectivity index (χ3n) is 3.60. The zero-order chi connectivity index (χ0) is 14.1. The first-order chi connectivity index (χ1) is 9.63. The van der Waals surface area contributed by atoms with Gasteiger partial charge in [-0.3, -0.25) is 9.48 Å². The molecule has 2 aromatic rings. The first kappa shape index (κ1) is 13.4. The van der Waals surface area contributed by atoms with Crippen molar-refractivity contribution in [3.63, 3.8) is 0 Å². The Morgan fingerprint density at radius 1 is 1.55 bits per heavy atom. The van der Waals surface area contributed by atoms with Gasteiger partial charge in [-0.15, -0.1) is 0 Å². The van der Waals surface area contributed by atoms with E-state index < -0.39 is 0 Å². The standard InChI is InChI=1S/C14H16BrN3O2/c1-10-6-16-18(7-10)12-3-2-4-17(8-12)14(19)11-5-13(15)20-9-11/h5-7,9,12H,2-4,8H2,1H3/t12-/m0/s1. The van der Waals surface area contributed by atoms with E-state index in [0.29, 0.717) is 16.8 Å². The summed E-state index contributed by atoms with van der Waals surface area (Å²) in [7, 11) is 0. The molecule has 106 valence electrons. The number of nitrogens with zero attached hydrogens (tertiary/aromatic N) is 3. The van der Waals surface area contributed by atoms with Gasteiger partial charge in [0.15, 0.2) is 4.67 Å². The van der Waals surface area contributed by atoms with E-state index in [9.17, 15) is 4.79 Å². The Morgan fingerprint density at radius 3 is 3.05 bits per heavy atom. The maximum Gasteiger partial charge on any atom is 0.257 e. The highest BCUT2D eigenvalue weighted by atomic mass is 79.9. The lowest BCUT2D eigenvalue weighted by Gasteiger charge is -2.32. The van der Waals surface area contributed by atoms with Crippen molar-refractivity contribution in [2.24, 2.45) is 0 Å². The Labute approximate surface area is 125 Å². The summed E-state index contributed by atoms with van der Waals surface area (Å²) in [4.78, 5) is 14.3. The zero-order valence-electron chi connectivity index (χ0n) is 11.3. The van der Waals surface area contributed by atoms with Crippen LogP contribution in [0.4, 0.5) is 0 Å². The highest BCUT2D eigenvalue weighted by Crippen LogP contribution is 2.24. The van der Waals surface area contributed by atoms with Gasteiger partial charge in [0, 0.05) is 25.4 Å². The molecule has 6 heteroatoms. The molecule has 3 rings (SSSR count). The van der Waals surface area contributed by atoms with Crippen molar-refractivity contribution >= 4 is 21.8 Å². The number of amides is 1. The van der Waals surface area contributed by atoms with Gasteiger partial charge in [0.05, 0.1) is 17.8 Å². The topological polar surface area (TPSA) is 51.3 Å². The third-order valence-corrected chi connectivity index (χ3v) is 4.02. The number of aryl methyl sites for hydroxylation is 1. The predicted molar refractivity (Wildman–Crippen MR) is 77.5 cm³/mol. The second-order valence-electron chi connectivity index (χ2n) is 5.18. The molecule has 20 heavy (non-hydrogen) atoms. The number of carbonyl (C=O) groups is 1. The van der Waals surface area contributed by atoms with Gasteiger partial charge in [0.25, 0.3) is 5.91 Å². The molecule has 1 fully saturated rings. The minimum absolute atomic E-state index is 0.0213. The minimum Gasteiger partial charge on any atom is -0.457 e. The SMILES string of the molecule is Cc1cnn([C@H]2CCCN(C(=O)c3coc(Br)c3)C2)c1. The second-order valence-corrected chi connectivity index (χ2v) is 5.97. The summed E-state index contributed by atoms with van der Waals surface area (Å²) < 4.78 is 7.70. The molecule has 1 amide bonds. The van der Waals surface area contributed by atoms with Crippen LogP contribution >= 0.6 is 15.9 Å². The van der Waals surface area contributed by atoms with E-state index in [1.54, 1.807) is 6.07 Å². The summed E-state index contributed by atoms with van der Waals surface area (Å²) in [6, 6.07) is 1.97. The number of aromatic nitrogens is 2. The van der Waals surface area contributed by atoms with Crippen molar-refractivity contribution in [3.05, 3.63) is 40.5 Å². The average Bonchev–Trinajstić information content (AvgIpc) is 3.07. The van der Waals surface area contributed by atoms with Crippen molar-refractivity contribution in [2.45, 2.75) is 25.8 Å². The maximum atomic E-state index is 12.4. The zero-order valence-corrected chi connectivity index (χ0v) is 12.8. The summed E-state index contributed by atoms with van der Waals surface area (Å²) in [6.07, 6.45) is 7.43. The Kier molecular flexibility index (Phi) is 3.65. The van der Waals surface area contributed by atoms with Crippen LogP contribution in [-0.4, -0.2) is 33.7 Å². The molecule has 1 aliphatic heterocycles. The van der Waals surface area contributed by atoms with Gasteiger partial charge < -0.3 is 9.32 Å². The van der Waals surface area contributed by atoms with E-state index in [4.69, 9.17) is 4.42 Å². The Morgan fingerprint density at radius 2 is 2.40 bits per heavy atom. The molecule has 0 saturated carbocycles. The number of rotatable bonds is 2. The van der Waals surface area contributed by atoms with Crippen LogP contribution in [0.25, 0.3) is 0 Å². The van der Waals surface area contributed by atoms with Gasteiger partial charge in [-0.2, -0.15) is 5.10 Å². The molecule has 3 heterocycles. The molecule has 1 aliphatic rings. The Balaban J connectivity index is 1.73. The van der Waals surface area contributed by atoms with E-state index in [1.165, 1.54) is 6.26 Å². The highest BCUT2D eigenvalue weighted by molar-refractivity contribution is 9.10. The van der Waals surface area contributed by atoms with E-state index in [-0.39, 0.29) is 11.9 Å². The predicted octanol–water partition coefficient (Wildman–Crippen LogP) is 3.02. The van der Waals surface area contributed by atoms with Crippen molar-refractivity contribution in [1.82, 2.24) is 14.7 Å². The lowest BCUT2D eigenvalue weighted by Crippen LogP contribution is -2.40. The van der Waals surface area contributed by atoms with Crippen LogP contribution in [0.5, 0.6) is 0 Å². The van der Waals surface area contributed by atoms with Gasteiger partial charge >= 0.3 is 0 Å². The van der Waals surface area contributed by atoms with Crippen LogP contribution < -0.4 is 0 Å². The molecule has 0 N–H and O–H groups in total. The molecule has 0 radical (unpaired) electrons. The first-order valence-corrected chi connectivity index (χ1v) is 7.47. The number of likely N-dealkylation sites (tertiary alicyclic amines) is 1. The molecule has 0 bridgehead atoms. The van der Waals surface area contributed by atoms with Gasteiger partial charge in [-0.1, -0.05) is 0 Å². The average molecular weight is 338 g/mol. The third kappa shape index (κ3) is 2.65. The fourth-order valence-corrected chi connectivity index (χ4v) is 2.93. The van der Waals surface area contributed by atoms with E-state index in [0.717, 1.165) is 24.9 Å². The van der Waals surface area contributed by atoms with Crippen molar-refractivity contribution in [1.29, 1.82) is 0 Å². The quantitative estimate of drug-likeness (QED) is 0.846. The number of carbonyl (C=O) groups excluding carboxylic acids is 1. The summed E-state index contributed by atoms with van der Waals surface area (Å²) in [5.74, 6) is 0.0213. The number of hydrogen-bond donors (Lipinski definition) is 0. The van der Waals surface area contributed by atoms with Gasteiger partial charge in [0.1, 0.15) is 6.26 Å². The number of piperidine rings is 1. The Bertz CT molecular complexity index is 619. The summed E-state index contributed by atoms with van der Waals surface area (Å²) in [6.45, 7) is 3.51. The fraction of sp³-hybridized carbons (Fsp3) is 0.429. The van der Waals surface area contributed by atoms with Crippen molar-refractivity contribution in [3.8, 4) is 0 Å². The minimum atomic E-state index is 0.0213. The molecule has 1 saturated heterocycles. The normalized spacial score (nSPS) is 19.3. The highest BCUT2D eigenvalue weighted by Gasteiger charge is 2.26. The molecule has 0 aliphatic carbocycles. The Hall–Kier alpha value is -1.56. The van der Waals surface area contributed by atoms with Crippen molar-refractivity contribution in [2.75, 3.05) is 13.1 Å². The molecular formula is C14H16BrN3O2. The van der Waals surface area contributed by atoms with E-state index >= 15 is 0 Å². The summed E-state index contributed by atoms with van der Waals surface area (Å²) in [5, 5.41) is 4.36. The van der Waals surface area contributed by atoms with Crippen molar-refractivity contribution < 1.29 is 9.21 Å². The maximum absolute atomic E-state index is 12.4. The monoisotopic (exact) mass is 337 g/mol. The van der Waals surface area contributed by atoms with Gasteiger partial charge in [0.2, 0.25) is 0 Å².